The summed E-state index contributed by atoms with van der Waals surface area (Å²) in [4.78, 5) is 8.94. The molecule has 1 atom stereocenters. The highest BCUT2D eigenvalue weighted by Crippen LogP contribution is 2.21. The van der Waals surface area contributed by atoms with Crippen molar-refractivity contribution in [3.63, 3.8) is 0 Å². The third-order valence-electron chi connectivity index (χ3n) is 3.17. The monoisotopic (exact) mass is 275 g/mol. The Morgan fingerprint density at radius 2 is 2.42 bits per heavy atom. The molecule has 0 spiro atoms. The summed E-state index contributed by atoms with van der Waals surface area (Å²) in [6.45, 7) is 2.52. The number of rotatable bonds is 4. The van der Waals surface area contributed by atoms with E-state index >= 15 is 0 Å². The largest absolute Gasteiger partial charge is 0.380 e. The molecule has 1 N–H and O–H groups in total. The van der Waals surface area contributed by atoms with Crippen molar-refractivity contribution in [2.75, 3.05) is 13.2 Å². The fourth-order valence-corrected chi connectivity index (χ4v) is 2.94. The lowest BCUT2D eigenvalue weighted by molar-refractivity contribution is 0.0698. The Morgan fingerprint density at radius 1 is 1.42 bits per heavy atom. The zero-order chi connectivity index (χ0) is 12.9. The first kappa shape index (κ1) is 12.7. The van der Waals surface area contributed by atoms with Gasteiger partial charge in [-0.1, -0.05) is 6.07 Å². The first-order chi connectivity index (χ1) is 9.42. The highest BCUT2D eigenvalue weighted by atomic mass is 32.1. The molecule has 1 saturated heterocycles. The highest BCUT2D eigenvalue weighted by Gasteiger charge is 2.13. The summed E-state index contributed by atoms with van der Waals surface area (Å²) in [5.74, 6) is 0. The maximum absolute atomic E-state index is 5.45. The molecule has 4 nitrogen and oxygen atoms in total. The van der Waals surface area contributed by atoms with E-state index in [1.807, 2.05) is 18.2 Å². The molecule has 1 fully saturated rings. The van der Waals surface area contributed by atoms with E-state index in [0.717, 1.165) is 42.6 Å². The molecule has 0 aromatic carbocycles. The number of thiazole rings is 1. The molecule has 1 unspecified atom stereocenters. The topological polar surface area (TPSA) is 47.0 Å². The molecule has 0 amide bonds. The Balaban J connectivity index is 1.59. The van der Waals surface area contributed by atoms with E-state index in [9.17, 15) is 0 Å². The lowest BCUT2D eigenvalue weighted by Gasteiger charge is -2.22. The lowest BCUT2D eigenvalue weighted by atomic mass is 10.1. The van der Waals surface area contributed by atoms with Gasteiger partial charge in [0, 0.05) is 30.8 Å². The van der Waals surface area contributed by atoms with Gasteiger partial charge in [-0.05, 0) is 25.0 Å². The molecule has 0 radical (unpaired) electrons. The van der Waals surface area contributed by atoms with Crippen molar-refractivity contribution in [1.82, 2.24) is 15.3 Å². The van der Waals surface area contributed by atoms with Crippen molar-refractivity contribution < 1.29 is 4.74 Å². The fraction of sp³-hybridized carbons (Fsp3) is 0.429. The van der Waals surface area contributed by atoms with Crippen molar-refractivity contribution in [3.05, 3.63) is 35.5 Å². The van der Waals surface area contributed by atoms with Crippen LogP contribution in [0.25, 0.3) is 10.7 Å². The van der Waals surface area contributed by atoms with Gasteiger partial charge < -0.3 is 10.1 Å². The predicted octanol–water partition coefficient (Wildman–Crippen LogP) is 2.47. The Bertz CT molecular complexity index is 508. The van der Waals surface area contributed by atoms with E-state index in [1.165, 1.54) is 6.42 Å². The summed E-state index contributed by atoms with van der Waals surface area (Å²) < 4.78 is 5.45. The van der Waals surface area contributed by atoms with E-state index in [0.29, 0.717) is 6.04 Å². The Labute approximate surface area is 116 Å². The van der Waals surface area contributed by atoms with E-state index in [1.54, 1.807) is 17.5 Å². The molecule has 3 rings (SSSR count). The second-order valence-electron chi connectivity index (χ2n) is 4.65. The minimum atomic E-state index is 0.466. The Morgan fingerprint density at radius 3 is 3.21 bits per heavy atom. The van der Waals surface area contributed by atoms with E-state index < -0.39 is 0 Å². The molecule has 100 valence electrons. The van der Waals surface area contributed by atoms with Crippen molar-refractivity contribution >= 4 is 11.3 Å². The van der Waals surface area contributed by atoms with Gasteiger partial charge in [0.2, 0.25) is 0 Å². The van der Waals surface area contributed by atoms with Crippen LogP contribution < -0.4 is 5.32 Å². The molecule has 1 aliphatic heterocycles. The molecule has 2 aromatic rings. The van der Waals surface area contributed by atoms with Crippen LogP contribution in [0.1, 0.15) is 18.5 Å². The van der Waals surface area contributed by atoms with Crippen molar-refractivity contribution in [3.8, 4) is 10.7 Å². The quantitative estimate of drug-likeness (QED) is 0.931. The second-order valence-corrected chi connectivity index (χ2v) is 5.51. The molecule has 0 aliphatic carbocycles. The van der Waals surface area contributed by atoms with Crippen molar-refractivity contribution in [2.24, 2.45) is 0 Å². The Kier molecular flexibility index (Phi) is 4.17. The average Bonchev–Trinajstić information content (AvgIpc) is 2.96. The molecule has 2 aromatic heterocycles. The van der Waals surface area contributed by atoms with Gasteiger partial charge in [-0.3, -0.25) is 4.98 Å². The van der Waals surface area contributed by atoms with Gasteiger partial charge >= 0.3 is 0 Å². The normalized spacial score (nSPS) is 19.5. The molecule has 3 heterocycles. The molecular formula is C14H17N3OS. The highest BCUT2D eigenvalue weighted by molar-refractivity contribution is 7.13. The summed E-state index contributed by atoms with van der Waals surface area (Å²) in [5, 5.41) is 6.58. The van der Waals surface area contributed by atoms with Gasteiger partial charge in [-0.2, -0.15) is 0 Å². The van der Waals surface area contributed by atoms with E-state index in [-0.39, 0.29) is 0 Å². The van der Waals surface area contributed by atoms with Gasteiger partial charge in [-0.25, -0.2) is 4.98 Å². The van der Waals surface area contributed by atoms with Crippen LogP contribution in [-0.4, -0.2) is 29.2 Å². The summed E-state index contributed by atoms with van der Waals surface area (Å²) in [7, 11) is 0. The summed E-state index contributed by atoms with van der Waals surface area (Å²) in [5.41, 5.74) is 2.02. The number of pyridine rings is 1. The predicted molar refractivity (Wildman–Crippen MR) is 76.0 cm³/mol. The third kappa shape index (κ3) is 3.37. The third-order valence-corrected chi connectivity index (χ3v) is 4.08. The van der Waals surface area contributed by atoms with Gasteiger partial charge in [0.15, 0.2) is 0 Å². The first-order valence-electron chi connectivity index (χ1n) is 6.59. The average molecular weight is 275 g/mol. The van der Waals surface area contributed by atoms with Gasteiger partial charge in [0.1, 0.15) is 5.01 Å². The molecule has 19 heavy (non-hydrogen) atoms. The van der Waals surface area contributed by atoms with Crippen molar-refractivity contribution in [1.29, 1.82) is 0 Å². The second kappa shape index (κ2) is 6.23. The number of nitrogens with one attached hydrogen (secondary N) is 1. The van der Waals surface area contributed by atoms with Crippen LogP contribution in [0.5, 0.6) is 0 Å². The zero-order valence-electron chi connectivity index (χ0n) is 10.7. The smallest absolute Gasteiger partial charge is 0.142 e. The van der Waals surface area contributed by atoms with Gasteiger partial charge in [-0.15, -0.1) is 11.3 Å². The maximum Gasteiger partial charge on any atom is 0.142 e. The molecule has 1 aliphatic rings. The van der Waals surface area contributed by atoms with Crippen LogP contribution in [0.3, 0.4) is 0 Å². The maximum atomic E-state index is 5.45. The SMILES string of the molecule is c1ccc(-c2nc(CNC3CCCOC3)cs2)nc1. The van der Waals surface area contributed by atoms with Crippen LogP contribution in [0.15, 0.2) is 29.8 Å². The number of hydrogen-bond donors (Lipinski definition) is 1. The van der Waals surface area contributed by atoms with Crippen LogP contribution in [-0.2, 0) is 11.3 Å². The van der Waals surface area contributed by atoms with Crippen LogP contribution >= 0.6 is 11.3 Å². The van der Waals surface area contributed by atoms with Gasteiger partial charge in [0.05, 0.1) is 18.0 Å². The number of nitrogens with zero attached hydrogens (tertiary/aromatic N) is 2. The fourth-order valence-electron chi connectivity index (χ4n) is 2.15. The summed E-state index contributed by atoms with van der Waals surface area (Å²) >= 11 is 1.64. The molecular weight excluding hydrogens is 258 g/mol. The lowest BCUT2D eigenvalue weighted by Crippen LogP contribution is -2.36. The zero-order valence-corrected chi connectivity index (χ0v) is 11.5. The minimum Gasteiger partial charge on any atom is -0.380 e. The molecule has 0 bridgehead atoms. The number of hydrogen-bond acceptors (Lipinski definition) is 5. The first-order valence-corrected chi connectivity index (χ1v) is 7.47. The minimum absolute atomic E-state index is 0.466. The summed E-state index contributed by atoms with van der Waals surface area (Å²) in [6, 6.07) is 6.36. The number of ether oxygens (including phenoxy) is 1. The van der Waals surface area contributed by atoms with E-state index in [4.69, 9.17) is 4.74 Å². The van der Waals surface area contributed by atoms with Crippen molar-refractivity contribution in [2.45, 2.75) is 25.4 Å². The van der Waals surface area contributed by atoms with Crippen LogP contribution in [0.2, 0.25) is 0 Å². The molecule has 5 heteroatoms. The summed E-state index contributed by atoms with van der Waals surface area (Å²) in [6.07, 6.45) is 4.14. The van der Waals surface area contributed by atoms with Crippen LogP contribution in [0.4, 0.5) is 0 Å². The number of aromatic nitrogens is 2. The van der Waals surface area contributed by atoms with E-state index in [2.05, 4.69) is 20.7 Å². The van der Waals surface area contributed by atoms with Gasteiger partial charge in [0.25, 0.3) is 0 Å². The Hall–Kier alpha value is -1.30. The standard InChI is InChI=1S/C14H17N3OS/c1-2-6-15-13(5-1)14-17-12(10-19-14)8-16-11-4-3-7-18-9-11/h1-2,5-6,10-11,16H,3-4,7-9H2. The van der Waals surface area contributed by atoms with Crippen LogP contribution in [0, 0.1) is 0 Å². The molecule has 0 saturated carbocycles.